The van der Waals surface area contributed by atoms with Crippen molar-refractivity contribution >= 4 is 10.9 Å². The number of hydrogen-bond donors (Lipinski definition) is 4. The van der Waals surface area contributed by atoms with E-state index in [0.717, 1.165) is 75.1 Å². The molecule has 3 fully saturated rings. The van der Waals surface area contributed by atoms with E-state index >= 15 is 0 Å². The van der Waals surface area contributed by atoms with Crippen LogP contribution in [-0.4, -0.2) is 56.6 Å². The van der Waals surface area contributed by atoms with Gasteiger partial charge in [-0.05, 0) is 131 Å². The average molecular weight is 691 g/mol. The van der Waals surface area contributed by atoms with Crippen LogP contribution in [0.5, 0.6) is 23.0 Å². The van der Waals surface area contributed by atoms with E-state index in [1.54, 1.807) is 49.7 Å². The summed E-state index contributed by atoms with van der Waals surface area (Å²) in [6.07, 6.45) is 5.62. The molecule has 10 rings (SSSR count). The molecule has 7 nitrogen and oxygen atoms in total. The third-order valence-corrected chi connectivity index (χ3v) is 11.4. The van der Waals surface area contributed by atoms with Crippen LogP contribution in [0.1, 0.15) is 46.8 Å². The molecule has 0 spiro atoms. The molecule has 0 saturated carbocycles. The van der Waals surface area contributed by atoms with Crippen LogP contribution < -0.4 is 4.74 Å². The fourth-order valence-corrected chi connectivity index (χ4v) is 8.93. The van der Waals surface area contributed by atoms with Crippen molar-refractivity contribution in [3.05, 3.63) is 162 Å². The molecule has 6 aromatic rings. The molecule has 1 unspecified atom stereocenters. The molecule has 1 aromatic heterocycles. The highest BCUT2D eigenvalue weighted by Gasteiger charge is 2.46. The van der Waals surface area contributed by atoms with Gasteiger partial charge >= 0.3 is 0 Å². The summed E-state index contributed by atoms with van der Waals surface area (Å²) in [5, 5.41) is 42.0. The Morgan fingerprint density at radius 3 is 2.13 bits per heavy atom. The van der Waals surface area contributed by atoms with Crippen LogP contribution in [0.25, 0.3) is 22.0 Å². The highest BCUT2D eigenvalue weighted by molar-refractivity contribution is 5.87. The van der Waals surface area contributed by atoms with Gasteiger partial charge in [-0.25, -0.2) is 0 Å². The minimum Gasteiger partial charge on any atom is -0.508 e. The van der Waals surface area contributed by atoms with E-state index in [-0.39, 0.29) is 23.3 Å². The molecule has 4 heterocycles. The second kappa shape index (κ2) is 13.5. The number of aromatic nitrogens is 1. The second-order valence-electron chi connectivity index (χ2n) is 14.1. The molecule has 7 heteroatoms. The number of phenols is 3. The Bertz CT molecular complexity index is 2200. The minimum atomic E-state index is -0.610. The normalized spacial score (nSPS) is 21.3. The maximum atomic E-state index is 11.2. The molecule has 3 aliphatic heterocycles. The first-order chi connectivity index (χ1) is 25.3. The van der Waals surface area contributed by atoms with Gasteiger partial charge in [-0.3, -0.25) is 9.88 Å². The Hall–Kier alpha value is -5.63. The van der Waals surface area contributed by atoms with Crippen molar-refractivity contribution in [3.63, 3.8) is 0 Å². The maximum Gasteiger partial charge on any atom is 0.119 e. The molecule has 262 valence electrons. The van der Waals surface area contributed by atoms with Crippen LogP contribution in [0.3, 0.4) is 0 Å². The smallest absolute Gasteiger partial charge is 0.119 e. The lowest BCUT2D eigenvalue weighted by Gasteiger charge is -2.50. The average Bonchev–Trinajstić information content (AvgIpc) is 3.48. The zero-order chi connectivity index (χ0) is 36.0. The van der Waals surface area contributed by atoms with Gasteiger partial charge in [-0.1, -0.05) is 60.7 Å². The molecule has 52 heavy (non-hydrogen) atoms. The van der Waals surface area contributed by atoms with E-state index < -0.39 is 11.5 Å². The van der Waals surface area contributed by atoms with Crippen LogP contribution in [-0.2, 0) is 5.41 Å². The van der Waals surface area contributed by atoms with E-state index in [4.69, 9.17) is 4.74 Å². The largest absolute Gasteiger partial charge is 0.508 e. The van der Waals surface area contributed by atoms with Crippen molar-refractivity contribution in [3.8, 4) is 34.1 Å². The van der Waals surface area contributed by atoms with E-state index in [9.17, 15) is 20.4 Å². The fourth-order valence-electron chi connectivity index (χ4n) is 8.93. The van der Waals surface area contributed by atoms with Crippen molar-refractivity contribution in [2.24, 2.45) is 11.8 Å². The van der Waals surface area contributed by atoms with Gasteiger partial charge in [0.2, 0.25) is 0 Å². The number of methoxy groups -OCH3 is 1. The number of piperidine rings is 3. The predicted octanol–water partition coefficient (Wildman–Crippen LogP) is 8.34. The monoisotopic (exact) mass is 690 g/mol. The summed E-state index contributed by atoms with van der Waals surface area (Å²) in [6, 6.07) is 36.1. The molecule has 5 atom stereocenters. The van der Waals surface area contributed by atoms with Gasteiger partial charge < -0.3 is 25.2 Å². The molecular weight excluding hydrogens is 649 g/mol. The first-order valence-corrected chi connectivity index (χ1v) is 17.8. The van der Waals surface area contributed by atoms with Gasteiger partial charge in [-0.15, -0.1) is 6.58 Å². The van der Waals surface area contributed by atoms with Crippen LogP contribution in [0, 0.1) is 11.8 Å². The molecular formula is C45H42N2O5. The Morgan fingerprint density at radius 1 is 0.808 bits per heavy atom. The Balaban J connectivity index is 0.000000151. The molecule has 0 radical (unpaired) electrons. The fraction of sp³-hybridized carbons (Fsp3) is 0.222. The molecule has 2 bridgehead atoms. The highest BCUT2D eigenvalue weighted by atomic mass is 16.5. The van der Waals surface area contributed by atoms with Crippen LogP contribution in [0.4, 0.5) is 0 Å². The number of rotatable bonds is 6. The first kappa shape index (κ1) is 33.5. The van der Waals surface area contributed by atoms with Gasteiger partial charge in [0.15, 0.2) is 0 Å². The van der Waals surface area contributed by atoms with Gasteiger partial charge in [-0.2, -0.15) is 0 Å². The number of aliphatic hydroxyl groups is 1. The Morgan fingerprint density at radius 2 is 1.48 bits per heavy atom. The summed E-state index contributed by atoms with van der Waals surface area (Å²) in [6.45, 7) is 6.07. The van der Waals surface area contributed by atoms with E-state index in [0.29, 0.717) is 11.8 Å². The SMILES string of the molecule is C=C[C@H]1CN2CC[C@H]1C[C@H]2[C@H](O)c1ccnc2ccc(OC)cc12.Oc1ccc(C2(c3ccc(O)cc3)c3ccccc3-c3cc(O)ccc32)cc1. The summed E-state index contributed by atoms with van der Waals surface area (Å²) >= 11 is 0. The lowest BCUT2D eigenvalue weighted by Crippen LogP contribution is -2.54. The lowest BCUT2D eigenvalue weighted by molar-refractivity contribution is -0.0444. The van der Waals surface area contributed by atoms with Crippen molar-refractivity contribution in [2.45, 2.75) is 30.4 Å². The quantitative estimate of drug-likeness (QED) is 0.130. The van der Waals surface area contributed by atoms with E-state index in [1.807, 2.05) is 66.7 Å². The van der Waals surface area contributed by atoms with Gasteiger partial charge in [0.1, 0.15) is 23.0 Å². The van der Waals surface area contributed by atoms with Crippen LogP contribution in [0.15, 0.2) is 134 Å². The molecule has 3 saturated heterocycles. The number of aromatic hydroxyl groups is 3. The van der Waals surface area contributed by atoms with Gasteiger partial charge in [0, 0.05) is 24.2 Å². The van der Waals surface area contributed by atoms with Gasteiger partial charge in [0.05, 0.1) is 24.1 Å². The number of phenolic OH excluding ortho intramolecular Hbond substituents is 3. The zero-order valence-electron chi connectivity index (χ0n) is 29.1. The van der Waals surface area contributed by atoms with Crippen LogP contribution in [0.2, 0.25) is 0 Å². The summed E-state index contributed by atoms with van der Waals surface area (Å²) in [4.78, 5) is 6.86. The number of benzene rings is 5. The maximum absolute atomic E-state index is 11.2. The van der Waals surface area contributed by atoms with Crippen molar-refractivity contribution in [1.29, 1.82) is 0 Å². The van der Waals surface area contributed by atoms with Crippen molar-refractivity contribution in [1.82, 2.24) is 9.88 Å². The van der Waals surface area contributed by atoms with Gasteiger partial charge in [0.25, 0.3) is 0 Å². The molecule has 5 aromatic carbocycles. The third-order valence-electron chi connectivity index (χ3n) is 11.4. The molecule has 4 aliphatic rings. The number of hydrogen-bond acceptors (Lipinski definition) is 7. The molecule has 1 aliphatic carbocycles. The minimum absolute atomic E-state index is 0.178. The number of ether oxygens (including phenoxy) is 1. The summed E-state index contributed by atoms with van der Waals surface area (Å²) in [7, 11) is 1.66. The highest BCUT2D eigenvalue weighted by Crippen LogP contribution is 2.56. The Labute approximate surface area is 303 Å². The second-order valence-corrected chi connectivity index (χ2v) is 14.1. The third kappa shape index (κ3) is 5.57. The van der Waals surface area contributed by atoms with E-state index in [1.165, 1.54) is 6.42 Å². The summed E-state index contributed by atoms with van der Waals surface area (Å²) in [5.74, 6) is 2.65. The molecule has 0 amide bonds. The summed E-state index contributed by atoms with van der Waals surface area (Å²) < 4.78 is 5.35. The number of aliphatic hydroxyl groups excluding tert-OH is 1. The van der Waals surface area contributed by atoms with Crippen LogP contribution >= 0.6 is 0 Å². The Kier molecular flexibility index (Phi) is 8.69. The zero-order valence-corrected chi connectivity index (χ0v) is 29.1. The lowest BCUT2D eigenvalue weighted by atomic mass is 9.67. The standard InChI is InChI=1S/C25H18O3.C20H24N2O2/c26-18-9-5-16(6-10-18)25(17-7-11-19(27)12-8-17)23-4-2-1-3-21(23)22-15-20(28)13-14-24(22)25;1-3-13-12-22-9-7-14(13)10-19(22)20(23)16-6-8-21-18-5-4-15(24-2)11-17(16)18/h1-15,26-28H;3-6,8,11,13-14,19-20,23H,1,7,9-10,12H2,2H3/t;13-,14-,19-,20+/m.0/s1. The number of pyridine rings is 1. The predicted molar refractivity (Wildman–Crippen MR) is 204 cm³/mol. The molecule has 4 N–H and O–H groups in total. The summed E-state index contributed by atoms with van der Waals surface area (Å²) in [5.41, 5.74) is 7.46. The first-order valence-electron chi connectivity index (χ1n) is 17.8. The van der Waals surface area contributed by atoms with Crippen molar-refractivity contribution < 1.29 is 25.2 Å². The van der Waals surface area contributed by atoms with E-state index in [2.05, 4.69) is 34.7 Å². The number of fused-ring (bicyclic) bond motifs is 7. The number of nitrogens with zero attached hydrogens (tertiary/aromatic N) is 2. The van der Waals surface area contributed by atoms with Crippen molar-refractivity contribution in [2.75, 3.05) is 20.2 Å². The topological polar surface area (TPSA) is 106 Å².